The lowest BCUT2D eigenvalue weighted by atomic mass is 9.91. The highest BCUT2D eigenvalue weighted by Gasteiger charge is 2.32. The molecule has 1 aliphatic heterocycles. The van der Waals surface area contributed by atoms with Crippen LogP contribution < -0.4 is 4.72 Å². The van der Waals surface area contributed by atoms with Crippen LogP contribution in [0.3, 0.4) is 0 Å². The predicted octanol–water partition coefficient (Wildman–Crippen LogP) is 1.82. The molecule has 2 heterocycles. The summed E-state index contributed by atoms with van der Waals surface area (Å²) in [6.07, 6.45) is 2.49. The predicted molar refractivity (Wildman–Crippen MR) is 85.3 cm³/mol. The zero-order chi connectivity index (χ0) is 16.6. The fourth-order valence-corrected chi connectivity index (χ4v) is 4.08. The average molecular weight is 333 g/mol. The number of carbonyl (C=O) groups excluding carboxylic acids is 1. The van der Waals surface area contributed by atoms with Gasteiger partial charge in [-0.2, -0.15) is 0 Å². The van der Waals surface area contributed by atoms with Gasteiger partial charge in [-0.05, 0) is 25.5 Å². The molecule has 0 bridgehead atoms. The number of carbonyl (C=O) groups is 1. The summed E-state index contributed by atoms with van der Waals surface area (Å²) < 4.78 is 28.7. The molecule has 1 aromatic heterocycles. The molecule has 1 amide bonds. The molecule has 7 heteroatoms. The van der Waals surface area contributed by atoms with Crippen molar-refractivity contribution in [3.05, 3.63) is 48.0 Å². The zero-order valence-electron chi connectivity index (χ0n) is 13.1. The zero-order valence-corrected chi connectivity index (χ0v) is 13.9. The Labute approximate surface area is 135 Å². The van der Waals surface area contributed by atoms with Gasteiger partial charge in [0.25, 0.3) is 10.0 Å². The molecule has 0 fully saturated rings. The van der Waals surface area contributed by atoms with Crippen LogP contribution in [0.15, 0.2) is 41.4 Å². The maximum atomic E-state index is 12.4. The molecule has 0 radical (unpaired) electrons. The van der Waals surface area contributed by atoms with Crippen LogP contribution in [0.5, 0.6) is 0 Å². The molecule has 2 atom stereocenters. The van der Waals surface area contributed by atoms with Gasteiger partial charge in [0.05, 0.1) is 16.5 Å². The van der Waals surface area contributed by atoms with E-state index >= 15 is 0 Å². The molecule has 122 valence electrons. The fourth-order valence-electron chi connectivity index (χ4n) is 3.01. The van der Waals surface area contributed by atoms with E-state index in [1.54, 1.807) is 18.2 Å². The largest absolute Gasteiger partial charge is 0.334 e. The van der Waals surface area contributed by atoms with Gasteiger partial charge in [0.2, 0.25) is 5.91 Å². The Bertz CT molecular complexity index is 828. The number of imidazole rings is 1. The number of aryl methyl sites for hydroxylation is 1. The molecule has 2 aromatic rings. The molecule has 1 N–H and O–H groups in total. The van der Waals surface area contributed by atoms with Crippen molar-refractivity contribution in [3.63, 3.8) is 0 Å². The third-order valence-corrected chi connectivity index (χ3v) is 5.45. The summed E-state index contributed by atoms with van der Waals surface area (Å²) >= 11 is 0. The van der Waals surface area contributed by atoms with Crippen molar-refractivity contribution in [2.75, 3.05) is 0 Å². The molecule has 0 aliphatic carbocycles. The second-order valence-corrected chi connectivity index (χ2v) is 7.69. The first-order chi connectivity index (χ1) is 10.9. The number of fused-ring (bicyclic) bond motifs is 1. The van der Waals surface area contributed by atoms with E-state index in [0.29, 0.717) is 13.0 Å². The number of aromatic nitrogens is 2. The number of hydrogen-bond acceptors (Lipinski definition) is 4. The Kier molecular flexibility index (Phi) is 3.97. The van der Waals surface area contributed by atoms with Crippen LogP contribution in [0.2, 0.25) is 0 Å². The van der Waals surface area contributed by atoms with Crippen LogP contribution in [0.1, 0.15) is 30.8 Å². The van der Waals surface area contributed by atoms with E-state index in [4.69, 9.17) is 0 Å². The Morgan fingerprint density at radius 2 is 2.00 bits per heavy atom. The first kappa shape index (κ1) is 15.7. The topological polar surface area (TPSA) is 81.1 Å². The van der Waals surface area contributed by atoms with E-state index < -0.39 is 15.9 Å². The standard InChI is InChI=1S/C16H19N3O3S/c1-11-8-13(10-19-9-12(2)17-15(11)19)16(20)18-23(21,22)14-6-4-3-5-7-14/h3-7,9,11,13H,8,10H2,1-2H3,(H,18,20)/t11-,13+/m1/s1. The van der Waals surface area contributed by atoms with Crippen molar-refractivity contribution < 1.29 is 13.2 Å². The van der Waals surface area contributed by atoms with E-state index in [1.165, 1.54) is 12.1 Å². The Morgan fingerprint density at radius 1 is 1.30 bits per heavy atom. The summed E-state index contributed by atoms with van der Waals surface area (Å²) in [6.45, 7) is 4.37. The maximum absolute atomic E-state index is 12.4. The number of benzene rings is 1. The van der Waals surface area contributed by atoms with Gasteiger partial charge in [0, 0.05) is 18.7 Å². The molecule has 1 aliphatic rings. The lowest BCUT2D eigenvalue weighted by Crippen LogP contribution is -2.39. The van der Waals surface area contributed by atoms with Gasteiger partial charge in [-0.15, -0.1) is 0 Å². The fraction of sp³-hybridized carbons (Fsp3) is 0.375. The molecule has 1 aromatic carbocycles. The van der Waals surface area contributed by atoms with Crippen LogP contribution in [0.25, 0.3) is 0 Å². The van der Waals surface area contributed by atoms with Crippen molar-refractivity contribution in [2.24, 2.45) is 5.92 Å². The first-order valence-electron chi connectivity index (χ1n) is 7.52. The lowest BCUT2D eigenvalue weighted by molar-refractivity contribution is -0.124. The molecular weight excluding hydrogens is 314 g/mol. The Hall–Kier alpha value is -2.15. The highest BCUT2D eigenvalue weighted by molar-refractivity contribution is 7.90. The van der Waals surface area contributed by atoms with Crippen LogP contribution in [0.4, 0.5) is 0 Å². The van der Waals surface area contributed by atoms with Crippen LogP contribution in [-0.2, 0) is 21.4 Å². The minimum Gasteiger partial charge on any atom is -0.334 e. The molecule has 0 unspecified atom stereocenters. The first-order valence-corrected chi connectivity index (χ1v) is 9.00. The lowest BCUT2D eigenvalue weighted by Gasteiger charge is -2.27. The third-order valence-electron chi connectivity index (χ3n) is 4.08. The number of hydrogen-bond donors (Lipinski definition) is 1. The molecule has 3 rings (SSSR count). The maximum Gasteiger partial charge on any atom is 0.264 e. The van der Waals surface area contributed by atoms with Crippen molar-refractivity contribution in [2.45, 2.75) is 37.6 Å². The molecule has 6 nitrogen and oxygen atoms in total. The summed E-state index contributed by atoms with van der Waals surface area (Å²) in [7, 11) is -3.82. The van der Waals surface area contributed by atoms with E-state index in [0.717, 1.165) is 11.5 Å². The van der Waals surface area contributed by atoms with Crippen LogP contribution in [0, 0.1) is 12.8 Å². The average Bonchev–Trinajstić information content (AvgIpc) is 2.89. The SMILES string of the molecule is Cc1cn2c(n1)[C@H](C)C[C@H](C(=O)NS(=O)(=O)c1ccccc1)C2. The number of nitrogens with zero attached hydrogens (tertiary/aromatic N) is 2. The molecular formula is C16H19N3O3S. The summed E-state index contributed by atoms with van der Waals surface area (Å²) in [6, 6.07) is 7.92. The van der Waals surface area contributed by atoms with Crippen LogP contribution >= 0.6 is 0 Å². The van der Waals surface area contributed by atoms with E-state index in [9.17, 15) is 13.2 Å². The highest BCUT2D eigenvalue weighted by atomic mass is 32.2. The number of amides is 1. The van der Waals surface area contributed by atoms with E-state index in [2.05, 4.69) is 9.71 Å². The third kappa shape index (κ3) is 3.14. The summed E-state index contributed by atoms with van der Waals surface area (Å²) in [5.41, 5.74) is 0.907. The van der Waals surface area contributed by atoms with Gasteiger partial charge in [0.1, 0.15) is 5.82 Å². The second kappa shape index (κ2) is 5.81. The van der Waals surface area contributed by atoms with Crippen molar-refractivity contribution in [1.82, 2.24) is 14.3 Å². The molecule has 0 saturated carbocycles. The quantitative estimate of drug-likeness (QED) is 0.929. The van der Waals surface area contributed by atoms with Gasteiger partial charge < -0.3 is 4.57 Å². The van der Waals surface area contributed by atoms with Gasteiger partial charge >= 0.3 is 0 Å². The van der Waals surface area contributed by atoms with Gasteiger partial charge in [-0.25, -0.2) is 18.1 Å². The minimum atomic E-state index is -3.82. The van der Waals surface area contributed by atoms with Crippen LogP contribution in [-0.4, -0.2) is 23.9 Å². The van der Waals surface area contributed by atoms with E-state index in [1.807, 2.05) is 24.6 Å². The molecule has 23 heavy (non-hydrogen) atoms. The Balaban J connectivity index is 1.77. The van der Waals surface area contributed by atoms with Crippen molar-refractivity contribution >= 4 is 15.9 Å². The minimum absolute atomic E-state index is 0.0939. The number of sulfonamides is 1. The normalized spacial score (nSPS) is 20.8. The van der Waals surface area contributed by atoms with Gasteiger partial charge in [-0.3, -0.25) is 4.79 Å². The highest BCUT2D eigenvalue weighted by Crippen LogP contribution is 2.30. The van der Waals surface area contributed by atoms with Gasteiger partial charge in [-0.1, -0.05) is 25.1 Å². The van der Waals surface area contributed by atoms with Crippen molar-refractivity contribution in [1.29, 1.82) is 0 Å². The van der Waals surface area contributed by atoms with Crippen molar-refractivity contribution in [3.8, 4) is 0 Å². The Morgan fingerprint density at radius 3 is 2.70 bits per heavy atom. The monoisotopic (exact) mass is 333 g/mol. The number of nitrogens with one attached hydrogen (secondary N) is 1. The number of rotatable bonds is 3. The second-order valence-electron chi connectivity index (χ2n) is 6.01. The van der Waals surface area contributed by atoms with E-state index in [-0.39, 0.29) is 16.7 Å². The summed E-state index contributed by atoms with van der Waals surface area (Å²) in [4.78, 5) is 17.0. The smallest absolute Gasteiger partial charge is 0.264 e. The van der Waals surface area contributed by atoms with Gasteiger partial charge in [0.15, 0.2) is 0 Å². The molecule has 0 saturated heterocycles. The molecule has 0 spiro atoms. The summed E-state index contributed by atoms with van der Waals surface area (Å²) in [5.74, 6) is 0.229. The summed E-state index contributed by atoms with van der Waals surface area (Å²) in [5, 5.41) is 0.